The fourth-order valence-corrected chi connectivity index (χ4v) is 1.32. The van der Waals surface area contributed by atoms with Gasteiger partial charge in [-0.2, -0.15) is 0 Å². The number of rotatable bonds is 5. The number of carboxylic acid groups (broad SMARTS) is 1. The second kappa shape index (κ2) is 5.76. The molecule has 0 radical (unpaired) electrons. The summed E-state index contributed by atoms with van der Waals surface area (Å²) in [6, 6.07) is -0.367. The first-order chi connectivity index (χ1) is 8.86. The maximum atomic E-state index is 11.7. The number of nitrogens with zero attached hydrogens (tertiary/aromatic N) is 1. The molecular weight excluding hydrogens is 258 g/mol. The molecule has 0 bridgehead atoms. The normalized spacial score (nSPS) is 11.6. The number of hydrogen-bond donors (Lipinski definition) is 3. The van der Waals surface area contributed by atoms with E-state index in [0.717, 1.165) is 12.3 Å². The van der Waals surface area contributed by atoms with Crippen molar-refractivity contribution < 1.29 is 19.6 Å². The molecule has 102 valence electrons. The molecule has 0 aliphatic heterocycles. The Morgan fingerprint density at radius 1 is 1.58 bits per heavy atom. The molecule has 1 atom stereocenters. The van der Waals surface area contributed by atoms with Crippen molar-refractivity contribution in [2.45, 2.75) is 19.4 Å². The maximum Gasteiger partial charge on any atom is 0.326 e. The molecule has 9 nitrogen and oxygen atoms in total. The Labute approximate surface area is 106 Å². The highest BCUT2D eigenvalue weighted by Crippen LogP contribution is 2.08. The Morgan fingerprint density at radius 3 is 2.68 bits per heavy atom. The minimum atomic E-state index is -1.25. The third kappa shape index (κ3) is 3.37. The molecular formula is C10H11N3O6. The lowest BCUT2D eigenvalue weighted by atomic mass is 10.2. The molecule has 0 saturated heterocycles. The van der Waals surface area contributed by atoms with Crippen molar-refractivity contribution in [3.63, 3.8) is 0 Å². The summed E-state index contributed by atoms with van der Waals surface area (Å²) in [5, 5.41) is 21.4. The molecule has 0 unspecified atom stereocenters. The lowest BCUT2D eigenvalue weighted by molar-refractivity contribution is -0.385. The number of carbonyl (C=O) groups excluding carboxylic acids is 1. The predicted octanol–water partition coefficient (Wildman–Crippen LogP) is -0.124. The van der Waals surface area contributed by atoms with E-state index in [9.17, 15) is 24.5 Å². The van der Waals surface area contributed by atoms with Gasteiger partial charge in [-0.05, 0) is 6.42 Å². The van der Waals surface area contributed by atoms with Crippen molar-refractivity contribution in [1.29, 1.82) is 0 Å². The second-order valence-corrected chi connectivity index (χ2v) is 3.63. The van der Waals surface area contributed by atoms with E-state index in [4.69, 9.17) is 5.11 Å². The zero-order valence-corrected chi connectivity index (χ0v) is 9.87. The van der Waals surface area contributed by atoms with E-state index in [-0.39, 0.29) is 6.42 Å². The van der Waals surface area contributed by atoms with Gasteiger partial charge in [0.05, 0.1) is 11.1 Å². The molecule has 0 fully saturated rings. The van der Waals surface area contributed by atoms with E-state index < -0.39 is 39.7 Å². The number of aliphatic carboxylic acids is 1. The van der Waals surface area contributed by atoms with E-state index in [0.29, 0.717) is 0 Å². The van der Waals surface area contributed by atoms with Gasteiger partial charge in [-0.3, -0.25) is 19.7 Å². The molecule has 9 heteroatoms. The highest BCUT2D eigenvalue weighted by atomic mass is 16.6. The van der Waals surface area contributed by atoms with Crippen LogP contribution in [0.25, 0.3) is 0 Å². The van der Waals surface area contributed by atoms with Gasteiger partial charge in [-0.15, -0.1) is 0 Å². The summed E-state index contributed by atoms with van der Waals surface area (Å²) in [6.45, 7) is 1.54. The summed E-state index contributed by atoms with van der Waals surface area (Å²) in [6.07, 6.45) is 0.974. The van der Waals surface area contributed by atoms with E-state index in [1.807, 2.05) is 4.98 Å². The van der Waals surface area contributed by atoms with Gasteiger partial charge in [0, 0.05) is 6.07 Å². The van der Waals surface area contributed by atoms with Crippen LogP contribution in [-0.2, 0) is 4.79 Å². The largest absolute Gasteiger partial charge is 0.480 e. The number of pyridine rings is 1. The minimum absolute atomic E-state index is 0.119. The highest BCUT2D eigenvalue weighted by Gasteiger charge is 2.22. The SMILES string of the molecule is CC[C@H](NC(=O)c1cc([N+](=O)[O-])c[nH]c1=O)C(=O)O. The van der Waals surface area contributed by atoms with Crippen LogP contribution in [0.1, 0.15) is 23.7 Å². The van der Waals surface area contributed by atoms with Gasteiger partial charge in [0.25, 0.3) is 17.2 Å². The van der Waals surface area contributed by atoms with Gasteiger partial charge >= 0.3 is 5.97 Å². The molecule has 1 amide bonds. The first-order valence-electron chi connectivity index (χ1n) is 5.27. The fraction of sp³-hybridized carbons (Fsp3) is 0.300. The van der Waals surface area contributed by atoms with E-state index >= 15 is 0 Å². The van der Waals surface area contributed by atoms with Crippen molar-refractivity contribution >= 4 is 17.6 Å². The van der Waals surface area contributed by atoms with Crippen molar-refractivity contribution in [3.8, 4) is 0 Å². The summed E-state index contributed by atoms with van der Waals surface area (Å²) in [4.78, 5) is 45.6. The minimum Gasteiger partial charge on any atom is -0.480 e. The zero-order chi connectivity index (χ0) is 14.6. The smallest absolute Gasteiger partial charge is 0.326 e. The molecule has 1 aromatic rings. The number of aromatic nitrogens is 1. The van der Waals surface area contributed by atoms with Crippen LogP contribution in [0, 0.1) is 10.1 Å². The van der Waals surface area contributed by atoms with Crippen molar-refractivity contribution in [2.75, 3.05) is 0 Å². The van der Waals surface area contributed by atoms with Crippen LogP contribution >= 0.6 is 0 Å². The standard InChI is InChI=1S/C10H11N3O6/c1-2-7(10(16)17)12-9(15)6-3-5(13(18)19)4-11-8(6)14/h3-4,7H,2H2,1H3,(H,11,14)(H,12,15)(H,16,17)/t7-/m0/s1. The van der Waals surface area contributed by atoms with Crippen LogP contribution in [0.4, 0.5) is 5.69 Å². The number of carboxylic acids is 1. The van der Waals surface area contributed by atoms with Gasteiger partial charge in [0.15, 0.2) is 0 Å². The summed E-state index contributed by atoms with van der Waals surface area (Å²) in [5.41, 5.74) is -1.80. The Hall–Kier alpha value is -2.71. The molecule has 0 aromatic carbocycles. The molecule has 0 saturated carbocycles. The van der Waals surface area contributed by atoms with Crippen molar-refractivity contribution in [3.05, 3.63) is 38.3 Å². The first-order valence-corrected chi connectivity index (χ1v) is 5.27. The molecule has 19 heavy (non-hydrogen) atoms. The number of aromatic amines is 1. The van der Waals surface area contributed by atoms with E-state index in [2.05, 4.69) is 5.32 Å². The zero-order valence-electron chi connectivity index (χ0n) is 9.87. The fourth-order valence-electron chi connectivity index (χ4n) is 1.32. The van der Waals surface area contributed by atoms with Crippen LogP contribution in [0.5, 0.6) is 0 Å². The quantitative estimate of drug-likeness (QED) is 0.502. The first kappa shape index (κ1) is 14.4. The summed E-state index contributed by atoms with van der Waals surface area (Å²) >= 11 is 0. The molecule has 0 aliphatic carbocycles. The molecule has 1 aromatic heterocycles. The van der Waals surface area contributed by atoms with Gasteiger partial charge in [0.2, 0.25) is 0 Å². The van der Waals surface area contributed by atoms with Gasteiger partial charge < -0.3 is 15.4 Å². The highest BCUT2D eigenvalue weighted by molar-refractivity contribution is 5.96. The lowest BCUT2D eigenvalue weighted by Crippen LogP contribution is -2.42. The topological polar surface area (TPSA) is 142 Å². The Balaban J connectivity index is 3.05. The maximum absolute atomic E-state index is 11.7. The Bertz CT molecular complexity index is 579. The lowest BCUT2D eigenvalue weighted by Gasteiger charge is -2.11. The van der Waals surface area contributed by atoms with Crippen LogP contribution in [-0.4, -0.2) is 32.9 Å². The monoisotopic (exact) mass is 269 g/mol. The molecule has 1 rings (SSSR count). The molecule has 0 aliphatic rings. The summed E-state index contributed by atoms with van der Waals surface area (Å²) in [7, 11) is 0. The van der Waals surface area contributed by atoms with Gasteiger partial charge in [0.1, 0.15) is 11.6 Å². The third-order valence-corrected chi connectivity index (χ3v) is 2.36. The number of nitro groups is 1. The van der Waals surface area contributed by atoms with Crippen LogP contribution in [0.2, 0.25) is 0 Å². The molecule has 3 N–H and O–H groups in total. The number of amides is 1. The predicted molar refractivity (Wildman–Crippen MR) is 62.9 cm³/mol. The summed E-state index contributed by atoms with van der Waals surface area (Å²) < 4.78 is 0. The Kier molecular flexibility index (Phi) is 4.35. The second-order valence-electron chi connectivity index (χ2n) is 3.63. The third-order valence-electron chi connectivity index (χ3n) is 2.36. The van der Waals surface area contributed by atoms with E-state index in [1.165, 1.54) is 6.92 Å². The van der Waals surface area contributed by atoms with Crippen molar-refractivity contribution in [1.82, 2.24) is 10.3 Å². The van der Waals surface area contributed by atoms with E-state index in [1.54, 1.807) is 0 Å². The number of H-pyrrole nitrogens is 1. The number of carbonyl (C=O) groups is 2. The summed E-state index contributed by atoms with van der Waals surface area (Å²) in [5.74, 6) is -2.23. The van der Waals surface area contributed by atoms with Crippen molar-refractivity contribution in [2.24, 2.45) is 0 Å². The number of hydrogen-bond acceptors (Lipinski definition) is 5. The average molecular weight is 269 g/mol. The Morgan fingerprint density at radius 2 is 2.21 bits per heavy atom. The molecule has 0 spiro atoms. The van der Waals surface area contributed by atoms with Crippen LogP contribution in [0.15, 0.2) is 17.1 Å². The van der Waals surface area contributed by atoms with Gasteiger partial charge in [-0.25, -0.2) is 4.79 Å². The number of nitrogens with one attached hydrogen (secondary N) is 2. The van der Waals surface area contributed by atoms with Crippen LogP contribution < -0.4 is 10.9 Å². The van der Waals surface area contributed by atoms with Crippen LogP contribution in [0.3, 0.4) is 0 Å². The van der Waals surface area contributed by atoms with Gasteiger partial charge in [-0.1, -0.05) is 6.92 Å². The average Bonchev–Trinajstić information content (AvgIpc) is 2.35. The molecule has 1 heterocycles.